The van der Waals surface area contributed by atoms with E-state index >= 15 is 0 Å². The van der Waals surface area contributed by atoms with E-state index in [2.05, 4.69) is 15.9 Å². The van der Waals surface area contributed by atoms with Gasteiger partial charge >= 0.3 is 5.97 Å². The van der Waals surface area contributed by atoms with Gasteiger partial charge in [0.1, 0.15) is 6.04 Å². The molecule has 1 N–H and O–H groups in total. The van der Waals surface area contributed by atoms with Crippen molar-refractivity contribution in [1.29, 1.82) is 0 Å². The highest BCUT2D eigenvalue weighted by Crippen LogP contribution is 2.26. The zero-order chi connectivity index (χ0) is 19.5. The van der Waals surface area contributed by atoms with Crippen LogP contribution in [-0.4, -0.2) is 34.8 Å². The molecular weight excluding hydrogens is 428 g/mol. The molecule has 0 fully saturated rings. The van der Waals surface area contributed by atoms with Gasteiger partial charge in [-0.2, -0.15) is 4.31 Å². The van der Waals surface area contributed by atoms with Gasteiger partial charge in [-0.3, -0.25) is 14.9 Å². The second-order valence-corrected chi connectivity index (χ2v) is 8.21. The predicted octanol–water partition coefficient (Wildman–Crippen LogP) is 3.02. The number of hydrogen-bond donors (Lipinski definition) is 1. The van der Waals surface area contributed by atoms with Crippen molar-refractivity contribution in [2.75, 3.05) is 0 Å². The Hall–Kier alpha value is -2.30. The Morgan fingerprint density at radius 1 is 1.23 bits per heavy atom. The number of nitrogens with zero attached hydrogens (tertiary/aromatic N) is 2. The Morgan fingerprint density at radius 2 is 1.81 bits per heavy atom. The van der Waals surface area contributed by atoms with Crippen LogP contribution >= 0.6 is 15.9 Å². The standard InChI is InChI=1S/C16H15BrN2O6S/c1-11(16(20)21)18(10-12-4-2-3-5-15(12)19(22)23)26(24,25)14-8-6-13(17)7-9-14/h2-9,11H,10H2,1H3,(H,20,21). The average Bonchev–Trinajstić information content (AvgIpc) is 2.59. The highest BCUT2D eigenvalue weighted by molar-refractivity contribution is 9.10. The molecule has 0 bridgehead atoms. The van der Waals surface area contributed by atoms with Gasteiger partial charge in [0.25, 0.3) is 5.69 Å². The Balaban J connectivity index is 2.53. The van der Waals surface area contributed by atoms with Crippen LogP contribution < -0.4 is 0 Å². The molecule has 0 aromatic heterocycles. The van der Waals surface area contributed by atoms with Crippen molar-refractivity contribution in [2.45, 2.75) is 24.4 Å². The number of hydrogen-bond acceptors (Lipinski definition) is 5. The first-order chi connectivity index (χ1) is 12.1. The third-order valence-electron chi connectivity index (χ3n) is 3.72. The summed E-state index contributed by atoms with van der Waals surface area (Å²) in [5, 5.41) is 20.5. The van der Waals surface area contributed by atoms with Crippen LogP contribution in [-0.2, 0) is 21.4 Å². The summed E-state index contributed by atoms with van der Waals surface area (Å²) in [7, 11) is -4.19. The van der Waals surface area contributed by atoms with E-state index in [0.29, 0.717) is 4.47 Å². The summed E-state index contributed by atoms with van der Waals surface area (Å²) in [6.45, 7) is 0.774. The Labute approximate surface area is 158 Å². The molecule has 0 heterocycles. The summed E-state index contributed by atoms with van der Waals surface area (Å²) in [6.07, 6.45) is 0. The largest absolute Gasteiger partial charge is 0.480 e. The third kappa shape index (κ3) is 4.26. The molecule has 2 aromatic rings. The SMILES string of the molecule is CC(C(=O)O)N(Cc1ccccc1[N+](=O)[O-])S(=O)(=O)c1ccc(Br)cc1. The first-order valence-electron chi connectivity index (χ1n) is 7.37. The highest BCUT2D eigenvalue weighted by atomic mass is 79.9. The van der Waals surface area contributed by atoms with E-state index in [1.54, 1.807) is 0 Å². The molecule has 0 radical (unpaired) electrons. The van der Waals surface area contributed by atoms with Crippen molar-refractivity contribution in [3.8, 4) is 0 Å². The van der Waals surface area contributed by atoms with Crippen molar-refractivity contribution >= 4 is 37.6 Å². The average molecular weight is 443 g/mol. The fourth-order valence-corrected chi connectivity index (χ4v) is 4.12. The van der Waals surface area contributed by atoms with Gasteiger partial charge in [0.2, 0.25) is 10.0 Å². The van der Waals surface area contributed by atoms with Crippen molar-refractivity contribution in [3.63, 3.8) is 0 Å². The van der Waals surface area contributed by atoms with Crippen molar-refractivity contribution < 1.29 is 23.2 Å². The molecule has 138 valence electrons. The fourth-order valence-electron chi connectivity index (χ4n) is 2.29. The molecule has 2 aromatic carbocycles. The van der Waals surface area contributed by atoms with E-state index < -0.39 is 33.5 Å². The summed E-state index contributed by atoms with van der Waals surface area (Å²) in [4.78, 5) is 21.9. The quantitative estimate of drug-likeness (QED) is 0.519. The highest BCUT2D eigenvalue weighted by Gasteiger charge is 2.34. The van der Waals surface area contributed by atoms with Gasteiger partial charge in [-0.05, 0) is 31.2 Å². The second-order valence-electron chi connectivity index (χ2n) is 5.40. The van der Waals surface area contributed by atoms with Crippen molar-refractivity contribution in [1.82, 2.24) is 4.31 Å². The molecule has 0 saturated carbocycles. The lowest BCUT2D eigenvalue weighted by atomic mass is 10.1. The maximum Gasteiger partial charge on any atom is 0.321 e. The Bertz CT molecular complexity index is 930. The summed E-state index contributed by atoms with van der Waals surface area (Å²) >= 11 is 3.20. The van der Waals surface area contributed by atoms with Crippen LogP contribution in [0.4, 0.5) is 5.69 Å². The fraction of sp³-hybridized carbons (Fsp3) is 0.188. The van der Waals surface area contributed by atoms with E-state index in [4.69, 9.17) is 0 Å². The molecule has 0 aliphatic heterocycles. The number of nitro groups is 1. The molecular formula is C16H15BrN2O6S. The van der Waals surface area contributed by atoms with Gasteiger partial charge in [0, 0.05) is 22.6 Å². The minimum Gasteiger partial charge on any atom is -0.480 e. The number of nitro benzene ring substituents is 1. The van der Waals surface area contributed by atoms with Gasteiger partial charge in [-0.15, -0.1) is 0 Å². The van der Waals surface area contributed by atoms with Gasteiger partial charge in [0.05, 0.1) is 9.82 Å². The van der Waals surface area contributed by atoms with Crippen LogP contribution in [0.15, 0.2) is 57.9 Å². The molecule has 10 heteroatoms. The lowest BCUT2D eigenvalue weighted by molar-refractivity contribution is -0.385. The normalized spacial score (nSPS) is 12.7. The molecule has 8 nitrogen and oxygen atoms in total. The number of aliphatic carboxylic acids is 1. The molecule has 0 spiro atoms. The van der Waals surface area contributed by atoms with Gasteiger partial charge in [-0.1, -0.05) is 34.1 Å². The molecule has 26 heavy (non-hydrogen) atoms. The third-order valence-corrected chi connectivity index (χ3v) is 6.18. The summed E-state index contributed by atoms with van der Waals surface area (Å²) < 4.78 is 27.3. The lowest BCUT2D eigenvalue weighted by Crippen LogP contribution is -2.42. The Morgan fingerprint density at radius 3 is 2.35 bits per heavy atom. The van der Waals surface area contributed by atoms with Crippen LogP contribution in [0, 0.1) is 10.1 Å². The van der Waals surface area contributed by atoms with Crippen LogP contribution in [0.5, 0.6) is 0 Å². The molecule has 0 aliphatic carbocycles. The number of sulfonamides is 1. The number of para-hydroxylation sites is 1. The van der Waals surface area contributed by atoms with Gasteiger partial charge < -0.3 is 5.11 Å². The number of carbonyl (C=O) groups is 1. The van der Waals surface area contributed by atoms with Crippen molar-refractivity contribution in [3.05, 3.63) is 68.7 Å². The number of rotatable bonds is 7. The van der Waals surface area contributed by atoms with Crippen LogP contribution in [0.1, 0.15) is 12.5 Å². The van der Waals surface area contributed by atoms with E-state index in [0.717, 1.165) is 4.31 Å². The first kappa shape index (κ1) is 20.0. The van der Waals surface area contributed by atoms with Crippen LogP contribution in [0.25, 0.3) is 0 Å². The number of halogens is 1. The number of benzene rings is 2. The van der Waals surface area contributed by atoms with E-state index in [9.17, 15) is 28.4 Å². The minimum atomic E-state index is -4.19. The lowest BCUT2D eigenvalue weighted by Gasteiger charge is -2.25. The summed E-state index contributed by atoms with van der Waals surface area (Å²) in [5.41, 5.74) is -0.174. The molecule has 1 atom stereocenters. The maximum atomic E-state index is 13.0. The first-order valence-corrected chi connectivity index (χ1v) is 9.60. The topological polar surface area (TPSA) is 118 Å². The van der Waals surface area contributed by atoms with Crippen molar-refractivity contribution in [2.24, 2.45) is 0 Å². The van der Waals surface area contributed by atoms with E-state index in [1.165, 1.54) is 55.5 Å². The summed E-state index contributed by atoms with van der Waals surface area (Å²) in [5.74, 6) is -1.36. The molecule has 0 saturated heterocycles. The summed E-state index contributed by atoms with van der Waals surface area (Å²) in [6, 6.07) is 9.91. The van der Waals surface area contributed by atoms with Crippen LogP contribution in [0.3, 0.4) is 0 Å². The van der Waals surface area contributed by atoms with E-state index in [1.807, 2.05) is 0 Å². The monoisotopic (exact) mass is 442 g/mol. The molecule has 0 amide bonds. The predicted molar refractivity (Wildman–Crippen MR) is 97.1 cm³/mol. The Kier molecular flexibility index (Phi) is 6.11. The molecule has 0 aliphatic rings. The minimum absolute atomic E-state index is 0.103. The van der Waals surface area contributed by atoms with Gasteiger partial charge in [0.15, 0.2) is 0 Å². The molecule has 2 rings (SSSR count). The zero-order valence-electron chi connectivity index (χ0n) is 13.6. The zero-order valence-corrected chi connectivity index (χ0v) is 16.0. The van der Waals surface area contributed by atoms with Crippen LogP contribution in [0.2, 0.25) is 0 Å². The number of carboxylic acid groups (broad SMARTS) is 1. The second kappa shape index (κ2) is 7.94. The smallest absolute Gasteiger partial charge is 0.321 e. The number of carboxylic acids is 1. The van der Waals surface area contributed by atoms with E-state index in [-0.39, 0.29) is 16.1 Å². The van der Waals surface area contributed by atoms with Gasteiger partial charge in [-0.25, -0.2) is 8.42 Å². The maximum absolute atomic E-state index is 13.0. The molecule has 1 unspecified atom stereocenters.